The maximum absolute atomic E-state index is 12.8. The normalized spacial score (nSPS) is 16.5. The summed E-state index contributed by atoms with van der Waals surface area (Å²) >= 11 is 0. The van der Waals surface area contributed by atoms with Crippen LogP contribution in [-0.2, 0) is 16.6 Å². The molecule has 148 valence electrons. The molecule has 0 atom stereocenters. The molecule has 0 saturated carbocycles. The van der Waals surface area contributed by atoms with Crippen LogP contribution in [0, 0.1) is 6.92 Å². The van der Waals surface area contributed by atoms with Crippen LogP contribution in [-0.4, -0.2) is 55.9 Å². The van der Waals surface area contributed by atoms with Gasteiger partial charge in [-0.3, -0.25) is 4.90 Å². The summed E-state index contributed by atoms with van der Waals surface area (Å²) in [4.78, 5) is 6.98. The molecule has 3 aromatic rings. The van der Waals surface area contributed by atoms with Crippen molar-refractivity contribution in [1.82, 2.24) is 14.2 Å². The van der Waals surface area contributed by atoms with Crippen LogP contribution in [0.1, 0.15) is 11.5 Å². The van der Waals surface area contributed by atoms with E-state index in [1.54, 1.807) is 31.4 Å². The van der Waals surface area contributed by atoms with Crippen LogP contribution < -0.4 is 4.74 Å². The van der Waals surface area contributed by atoms with Crippen LogP contribution >= 0.6 is 0 Å². The second kappa shape index (κ2) is 7.54. The maximum Gasteiger partial charge on any atom is 0.243 e. The number of aryl methyl sites for hydroxylation is 1. The molecule has 1 saturated heterocycles. The zero-order valence-electron chi connectivity index (χ0n) is 16.0. The van der Waals surface area contributed by atoms with Crippen molar-refractivity contribution >= 4 is 21.1 Å². The Morgan fingerprint density at radius 2 is 1.79 bits per heavy atom. The zero-order chi connectivity index (χ0) is 19.7. The van der Waals surface area contributed by atoms with E-state index in [-0.39, 0.29) is 4.90 Å². The molecule has 2 aromatic carbocycles. The molecule has 0 radical (unpaired) electrons. The number of benzene rings is 2. The summed E-state index contributed by atoms with van der Waals surface area (Å²) < 4.78 is 38.1. The first-order chi connectivity index (χ1) is 13.5. The van der Waals surface area contributed by atoms with Crippen molar-refractivity contribution in [2.24, 2.45) is 0 Å². The van der Waals surface area contributed by atoms with E-state index < -0.39 is 10.0 Å². The van der Waals surface area contributed by atoms with Crippen molar-refractivity contribution in [3.63, 3.8) is 0 Å². The number of ether oxygens (including phenoxy) is 1. The molecule has 7 nitrogen and oxygen atoms in total. The van der Waals surface area contributed by atoms with E-state index in [1.807, 2.05) is 25.1 Å². The van der Waals surface area contributed by atoms with Gasteiger partial charge in [-0.15, -0.1) is 0 Å². The Labute approximate surface area is 164 Å². The Morgan fingerprint density at radius 3 is 2.46 bits per heavy atom. The fourth-order valence-corrected chi connectivity index (χ4v) is 4.79. The first-order valence-corrected chi connectivity index (χ1v) is 10.6. The molecule has 1 aromatic heterocycles. The Hall–Kier alpha value is -2.42. The number of methoxy groups -OCH3 is 1. The second-order valence-electron chi connectivity index (χ2n) is 6.93. The third kappa shape index (κ3) is 3.76. The Balaban J connectivity index is 1.40. The number of nitrogens with zero attached hydrogens (tertiary/aromatic N) is 3. The molecule has 1 fully saturated rings. The van der Waals surface area contributed by atoms with E-state index in [4.69, 9.17) is 9.15 Å². The van der Waals surface area contributed by atoms with E-state index in [2.05, 4.69) is 9.88 Å². The summed E-state index contributed by atoms with van der Waals surface area (Å²) in [5.41, 5.74) is 2.77. The summed E-state index contributed by atoms with van der Waals surface area (Å²) in [6.45, 7) is 4.73. The van der Waals surface area contributed by atoms with Crippen LogP contribution in [0.25, 0.3) is 11.1 Å². The van der Waals surface area contributed by atoms with E-state index in [0.29, 0.717) is 44.4 Å². The number of oxazole rings is 1. The molecule has 1 aliphatic heterocycles. The lowest BCUT2D eigenvalue weighted by Gasteiger charge is -2.33. The van der Waals surface area contributed by atoms with Crippen LogP contribution in [0.5, 0.6) is 5.75 Å². The quantitative estimate of drug-likeness (QED) is 0.654. The van der Waals surface area contributed by atoms with Gasteiger partial charge in [0.1, 0.15) is 11.3 Å². The second-order valence-corrected chi connectivity index (χ2v) is 8.87. The maximum atomic E-state index is 12.8. The molecule has 28 heavy (non-hydrogen) atoms. The van der Waals surface area contributed by atoms with Gasteiger partial charge < -0.3 is 9.15 Å². The molecule has 1 aliphatic rings. The smallest absolute Gasteiger partial charge is 0.243 e. The van der Waals surface area contributed by atoms with Crippen molar-refractivity contribution in [1.29, 1.82) is 0 Å². The van der Waals surface area contributed by atoms with Crippen molar-refractivity contribution in [2.75, 3.05) is 33.3 Å². The molecule has 2 heterocycles. The Kier molecular flexibility index (Phi) is 5.09. The molecule has 0 N–H and O–H groups in total. The summed E-state index contributed by atoms with van der Waals surface area (Å²) in [5, 5.41) is 0. The lowest BCUT2D eigenvalue weighted by atomic mass is 10.2. The third-order valence-electron chi connectivity index (χ3n) is 4.98. The van der Waals surface area contributed by atoms with Gasteiger partial charge in [0.05, 0.1) is 18.6 Å². The highest BCUT2D eigenvalue weighted by Crippen LogP contribution is 2.22. The molecule has 8 heteroatoms. The zero-order valence-corrected chi connectivity index (χ0v) is 16.8. The fourth-order valence-electron chi connectivity index (χ4n) is 3.36. The van der Waals surface area contributed by atoms with Gasteiger partial charge in [-0.2, -0.15) is 4.31 Å². The molecule has 0 amide bonds. The highest BCUT2D eigenvalue weighted by Gasteiger charge is 2.29. The van der Waals surface area contributed by atoms with Crippen LogP contribution in [0.4, 0.5) is 0 Å². The number of fused-ring (bicyclic) bond motifs is 1. The summed E-state index contributed by atoms with van der Waals surface area (Å²) in [5.74, 6) is 1.30. The molecule has 0 aliphatic carbocycles. The van der Waals surface area contributed by atoms with E-state index in [9.17, 15) is 8.42 Å². The van der Waals surface area contributed by atoms with Gasteiger partial charge in [-0.05, 0) is 48.9 Å². The molecule has 0 spiro atoms. The molecule has 4 rings (SSSR count). The van der Waals surface area contributed by atoms with Crippen LogP contribution in [0.15, 0.2) is 51.8 Å². The van der Waals surface area contributed by atoms with E-state index in [0.717, 1.165) is 16.7 Å². The Bertz CT molecular complexity index is 1070. The number of aromatic nitrogens is 1. The van der Waals surface area contributed by atoms with Gasteiger partial charge in [-0.1, -0.05) is 6.07 Å². The lowest BCUT2D eigenvalue weighted by molar-refractivity contribution is 0.169. The Morgan fingerprint density at radius 1 is 1.07 bits per heavy atom. The standard InChI is InChI=1S/C20H23N3O4S/c1-15-3-8-18-19(13-15)27-20(21-18)14-22-9-11-23(12-10-22)28(24,25)17-6-4-16(26-2)5-7-17/h3-8,13H,9-12,14H2,1-2H3. The minimum Gasteiger partial charge on any atom is -0.497 e. The molecule has 0 unspecified atom stereocenters. The predicted octanol–water partition coefficient (Wildman–Crippen LogP) is 2.65. The van der Waals surface area contributed by atoms with Crippen LogP contribution in [0.2, 0.25) is 0 Å². The summed E-state index contributed by atoms with van der Waals surface area (Å²) in [6, 6.07) is 12.4. The summed E-state index contributed by atoms with van der Waals surface area (Å²) in [7, 11) is -1.94. The van der Waals surface area contributed by atoms with Crippen molar-refractivity contribution in [3.8, 4) is 5.75 Å². The molecule has 0 bridgehead atoms. The molecular weight excluding hydrogens is 378 g/mol. The first kappa shape index (κ1) is 18.9. The van der Waals surface area contributed by atoms with Gasteiger partial charge in [-0.25, -0.2) is 13.4 Å². The predicted molar refractivity (Wildman–Crippen MR) is 106 cm³/mol. The van der Waals surface area contributed by atoms with E-state index in [1.165, 1.54) is 4.31 Å². The molecular formula is C20H23N3O4S. The van der Waals surface area contributed by atoms with Crippen molar-refractivity contribution < 1.29 is 17.6 Å². The SMILES string of the molecule is COc1ccc(S(=O)(=O)N2CCN(Cc3nc4ccc(C)cc4o3)CC2)cc1. The van der Waals surface area contributed by atoms with Crippen molar-refractivity contribution in [3.05, 3.63) is 53.9 Å². The average Bonchev–Trinajstić information content (AvgIpc) is 3.09. The average molecular weight is 401 g/mol. The lowest BCUT2D eigenvalue weighted by Crippen LogP contribution is -2.48. The largest absolute Gasteiger partial charge is 0.497 e. The number of piperazine rings is 1. The highest BCUT2D eigenvalue weighted by molar-refractivity contribution is 7.89. The van der Waals surface area contributed by atoms with Gasteiger partial charge in [0.25, 0.3) is 0 Å². The monoisotopic (exact) mass is 401 g/mol. The van der Waals surface area contributed by atoms with Gasteiger partial charge >= 0.3 is 0 Å². The topological polar surface area (TPSA) is 75.9 Å². The minimum atomic E-state index is -3.50. The third-order valence-corrected chi connectivity index (χ3v) is 6.89. The van der Waals surface area contributed by atoms with Crippen LogP contribution in [0.3, 0.4) is 0 Å². The number of sulfonamides is 1. The minimum absolute atomic E-state index is 0.288. The van der Waals surface area contributed by atoms with Crippen molar-refractivity contribution in [2.45, 2.75) is 18.4 Å². The first-order valence-electron chi connectivity index (χ1n) is 9.18. The van der Waals surface area contributed by atoms with E-state index >= 15 is 0 Å². The number of hydrogen-bond donors (Lipinski definition) is 0. The number of hydrogen-bond acceptors (Lipinski definition) is 6. The summed E-state index contributed by atoms with van der Waals surface area (Å²) in [6.07, 6.45) is 0. The highest BCUT2D eigenvalue weighted by atomic mass is 32.2. The van der Waals surface area contributed by atoms with Gasteiger partial charge in [0, 0.05) is 26.2 Å². The fraction of sp³-hybridized carbons (Fsp3) is 0.350. The number of rotatable bonds is 5. The van der Waals surface area contributed by atoms with Gasteiger partial charge in [0.2, 0.25) is 15.9 Å². The van der Waals surface area contributed by atoms with Gasteiger partial charge in [0.15, 0.2) is 5.58 Å².